The van der Waals surface area contributed by atoms with Gasteiger partial charge in [0.1, 0.15) is 11.6 Å². The molecule has 0 atom stereocenters. The van der Waals surface area contributed by atoms with Crippen LogP contribution in [-0.4, -0.2) is 29.7 Å². The standard InChI is InChI=1S/C20H24F2N2O/c21-18-8-17(9-19(22)11-18)12-23-20-3-1-2-16(10-20)13-24-6-4-15(14-25)5-7-24/h1-3,8-11,15,23,25H,4-7,12-14H2. The van der Waals surface area contributed by atoms with Crippen molar-refractivity contribution in [2.45, 2.75) is 25.9 Å². The fourth-order valence-electron chi connectivity index (χ4n) is 3.28. The predicted molar refractivity (Wildman–Crippen MR) is 95.2 cm³/mol. The Morgan fingerprint density at radius 2 is 1.72 bits per heavy atom. The molecule has 3 rings (SSSR count). The maximum atomic E-state index is 13.2. The zero-order valence-electron chi connectivity index (χ0n) is 14.2. The van der Waals surface area contributed by atoms with E-state index in [0.29, 0.717) is 18.0 Å². The molecule has 0 spiro atoms. The van der Waals surface area contributed by atoms with Gasteiger partial charge in [-0.15, -0.1) is 0 Å². The summed E-state index contributed by atoms with van der Waals surface area (Å²) in [6.45, 7) is 3.55. The molecule has 0 aliphatic carbocycles. The van der Waals surface area contributed by atoms with Crippen molar-refractivity contribution in [1.29, 1.82) is 0 Å². The summed E-state index contributed by atoms with van der Waals surface area (Å²) in [7, 11) is 0. The van der Waals surface area contributed by atoms with E-state index in [2.05, 4.69) is 22.3 Å². The lowest BCUT2D eigenvalue weighted by Gasteiger charge is -2.31. The topological polar surface area (TPSA) is 35.5 Å². The van der Waals surface area contributed by atoms with Crippen LogP contribution in [0.4, 0.5) is 14.5 Å². The Kier molecular flexibility index (Phi) is 6.00. The van der Waals surface area contributed by atoms with Crippen LogP contribution in [0.1, 0.15) is 24.0 Å². The lowest BCUT2D eigenvalue weighted by atomic mass is 9.97. The first-order chi connectivity index (χ1) is 12.1. The zero-order valence-corrected chi connectivity index (χ0v) is 14.2. The van der Waals surface area contributed by atoms with Crippen molar-refractivity contribution in [3.05, 3.63) is 65.2 Å². The molecule has 0 radical (unpaired) electrons. The van der Waals surface area contributed by atoms with Crippen molar-refractivity contribution in [3.63, 3.8) is 0 Å². The van der Waals surface area contributed by atoms with Gasteiger partial charge in [-0.25, -0.2) is 8.78 Å². The summed E-state index contributed by atoms with van der Waals surface area (Å²) in [6, 6.07) is 11.7. The minimum Gasteiger partial charge on any atom is -0.396 e. The lowest BCUT2D eigenvalue weighted by Crippen LogP contribution is -2.34. The first kappa shape index (κ1) is 17.8. The largest absolute Gasteiger partial charge is 0.396 e. The predicted octanol–water partition coefficient (Wildman–Crippen LogP) is 3.78. The molecule has 0 unspecified atom stereocenters. The van der Waals surface area contributed by atoms with Gasteiger partial charge in [0, 0.05) is 31.5 Å². The van der Waals surface area contributed by atoms with Crippen LogP contribution < -0.4 is 5.32 Å². The summed E-state index contributed by atoms with van der Waals surface area (Å²) in [5.74, 6) is -0.676. The number of aliphatic hydroxyl groups excluding tert-OH is 1. The Hall–Kier alpha value is -1.98. The second-order valence-electron chi connectivity index (χ2n) is 6.73. The third kappa shape index (κ3) is 5.25. The smallest absolute Gasteiger partial charge is 0.126 e. The van der Waals surface area contributed by atoms with Gasteiger partial charge in [0.15, 0.2) is 0 Å². The number of rotatable bonds is 6. The third-order valence-electron chi connectivity index (χ3n) is 4.72. The summed E-state index contributed by atoms with van der Waals surface area (Å²) >= 11 is 0. The highest BCUT2D eigenvalue weighted by Gasteiger charge is 2.18. The number of likely N-dealkylation sites (tertiary alicyclic amines) is 1. The molecule has 5 heteroatoms. The quantitative estimate of drug-likeness (QED) is 0.836. The summed E-state index contributed by atoms with van der Waals surface area (Å²) < 4.78 is 26.5. The van der Waals surface area contributed by atoms with E-state index in [1.165, 1.54) is 17.7 Å². The monoisotopic (exact) mass is 346 g/mol. The van der Waals surface area contributed by atoms with Gasteiger partial charge in [0.25, 0.3) is 0 Å². The van der Waals surface area contributed by atoms with Crippen molar-refractivity contribution < 1.29 is 13.9 Å². The van der Waals surface area contributed by atoms with Crippen LogP contribution in [0.5, 0.6) is 0 Å². The van der Waals surface area contributed by atoms with Crippen LogP contribution in [0.2, 0.25) is 0 Å². The van der Waals surface area contributed by atoms with Crippen LogP contribution in [0.3, 0.4) is 0 Å². The molecule has 0 amide bonds. The highest BCUT2D eigenvalue weighted by molar-refractivity contribution is 5.46. The molecule has 25 heavy (non-hydrogen) atoms. The van der Waals surface area contributed by atoms with Crippen molar-refractivity contribution in [2.75, 3.05) is 25.0 Å². The third-order valence-corrected chi connectivity index (χ3v) is 4.72. The number of nitrogens with one attached hydrogen (secondary N) is 1. The summed E-state index contributed by atoms with van der Waals surface area (Å²) in [4.78, 5) is 2.40. The van der Waals surface area contributed by atoms with Gasteiger partial charge in [-0.05, 0) is 67.2 Å². The lowest BCUT2D eigenvalue weighted by molar-refractivity contribution is 0.127. The van der Waals surface area contributed by atoms with Gasteiger partial charge < -0.3 is 10.4 Å². The van der Waals surface area contributed by atoms with Gasteiger partial charge >= 0.3 is 0 Å². The molecule has 2 aromatic carbocycles. The van der Waals surface area contributed by atoms with E-state index < -0.39 is 11.6 Å². The zero-order chi connectivity index (χ0) is 17.6. The Balaban J connectivity index is 1.56. The number of halogens is 2. The highest BCUT2D eigenvalue weighted by atomic mass is 19.1. The highest BCUT2D eigenvalue weighted by Crippen LogP contribution is 2.20. The average molecular weight is 346 g/mol. The van der Waals surface area contributed by atoms with Crippen molar-refractivity contribution in [1.82, 2.24) is 4.90 Å². The van der Waals surface area contributed by atoms with Crippen LogP contribution in [0.25, 0.3) is 0 Å². The molecular formula is C20H24F2N2O. The molecule has 1 aliphatic rings. The molecule has 134 valence electrons. The number of piperidine rings is 1. The number of hydrogen-bond acceptors (Lipinski definition) is 3. The minimum atomic E-state index is -0.558. The molecule has 3 nitrogen and oxygen atoms in total. The van der Waals surface area contributed by atoms with E-state index in [0.717, 1.165) is 44.2 Å². The van der Waals surface area contributed by atoms with E-state index in [1.807, 2.05) is 12.1 Å². The van der Waals surface area contributed by atoms with Crippen LogP contribution in [0.15, 0.2) is 42.5 Å². The van der Waals surface area contributed by atoms with Crippen molar-refractivity contribution in [3.8, 4) is 0 Å². The van der Waals surface area contributed by atoms with Crippen LogP contribution in [-0.2, 0) is 13.1 Å². The molecule has 0 bridgehead atoms. The van der Waals surface area contributed by atoms with Gasteiger partial charge in [0.05, 0.1) is 0 Å². The van der Waals surface area contributed by atoms with Gasteiger partial charge in [0.2, 0.25) is 0 Å². The van der Waals surface area contributed by atoms with E-state index in [-0.39, 0.29) is 6.61 Å². The normalized spacial score (nSPS) is 16.1. The first-order valence-corrected chi connectivity index (χ1v) is 8.73. The Morgan fingerprint density at radius 3 is 2.40 bits per heavy atom. The van der Waals surface area contributed by atoms with E-state index in [4.69, 9.17) is 0 Å². The van der Waals surface area contributed by atoms with Gasteiger partial charge in [-0.3, -0.25) is 4.90 Å². The minimum absolute atomic E-state index is 0.286. The number of hydrogen-bond donors (Lipinski definition) is 2. The number of anilines is 1. The molecule has 0 aromatic heterocycles. The van der Waals surface area contributed by atoms with E-state index in [9.17, 15) is 13.9 Å². The number of aliphatic hydroxyl groups is 1. The first-order valence-electron chi connectivity index (χ1n) is 8.73. The fourth-order valence-corrected chi connectivity index (χ4v) is 3.28. The molecule has 1 saturated heterocycles. The van der Waals surface area contributed by atoms with Crippen LogP contribution >= 0.6 is 0 Å². The molecule has 2 aromatic rings. The maximum absolute atomic E-state index is 13.2. The number of nitrogens with zero attached hydrogens (tertiary/aromatic N) is 1. The van der Waals surface area contributed by atoms with Crippen LogP contribution in [0, 0.1) is 17.6 Å². The van der Waals surface area contributed by atoms with Gasteiger partial charge in [-0.2, -0.15) is 0 Å². The fraction of sp³-hybridized carbons (Fsp3) is 0.400. The second kappa shape index (κ2) is 8.41. The second-order valence-corrected chi connectivity index (χ2v) is 6.73. The Labute approximate surface area is 147 Å². The van der Waals surface area contributed by atoms with Gasteiger partial charge in [-0.1, -0.05) is 12.1 Å². The van der Waals surface area contributed by atoms with Crippen molar-refractivity contribution >= 4 is 5.69 Å². The van der Waals surface area contributed by atoms with E-state index in [1.54, 1.807) is 0 Å². The Bertz CT molecular complexity index is 680. The molecule has 2 N–H and O–H groups in total. The van der Waals surface area contributed by atoms with E-state index >= 15 is 0 Å². The number of benzene rings is 2. The summed E-state index contributed by atoms with van der Waals surface area (Å²) in [6.07, 6.45) is 2.08. The molecule has 0 saturated carbocycles. The maximum Gasteiger partial charge on any atom is 0.126 e. The molecule has 1 heterocycles. The molecule has 1 fully saturated rings. The molecular weight excluding hydrogens is 322 g/mol. The SMILES string of the molecule is OCC1CCN(Cc2cccc(NCc3cc(F)cc(F)c3)c2)CC1. The molecule has 1 aliphatic heterocycles. The van der Waals surface area contributed by atoms with Crippen molar-refractivity contribution in [2.24, 2.45) is 5.92 Å². The summed E-state index contributed by atoms with van der Waals surface area (Å²) in [5.41, 5.74) is 2.72. The Morgan fingerprint density at radius 1 is 1.00 bits per heavy atom. The summed E-state index contributed by atoms with van der Waals surface area (Å²) in [5, 5.41) is 12.4. The average Bonchev–Trinajstić information content (AvgIpc) is 2.60.